The van der Waals surface area contributed by atoms with Crippen molar-refractivity contribution in [2.75, 3.05) is 24.4 Å². The summed E-state index contributed by atoms with van der Waals surface area (Å²) in [6, 6.07) is 17.3. The third-order valence-corrected chi connectivity index (χ3v) is 11.7. The van der Waals surface area contributed by atoms with Crippen molar-refractivity contribution in [1.82, 2.24) is 24.8 Å². The monoisotopic (exact) mass is 871 g/mol. The number of aryl methyl sites for hydroxylation is 2. The van der Waals surface area contributed by atoms with E-state index in [1.807, 2.05) is 19.1 Å². The molecule has 4 aromatic carbocycles. The summed E-state index contributed by atoms with van der Waals surface area (Å²) in [5.74, 6) is -1.91. The lowest BCUT2D eigenvalue weighted by Gasteiger charge is -2.29. The molecule has 4 N–H and O–H groups in total. The highest BCUT2D eigenvalue weighted by molar-refractivity contribution is 6.07. The number of aliphatic hydroxyl groups is 1. The molecule has 0 aliphatic carbocycles. The van der Waals surface area contributed by atoms with Crippen LogP contribution in [0.4, 0.5) is 15.8 Å². The highest BCUT2D eigenvalue weighted by atomic mass is 19.1. The van der Waals surface area contributed by atoms with E-state index in [0.717, 1.165) is 23.6 Å². The summed E-state index contributed by atoms with van der Waals surface area (Å²) in [6.07, 6.45) is 3.10. The van der Waals surface area contributed by atoms with Crippen LogP contribution in [0.1, 0.15) is 76.6 Å². The maximum absolute atomic E-state index is 15.5. The Bertz CT molecular complexity index is 2920. The van der Waals surface area contributed by atoms with Gasteiger partial charge in [-0.05, 0) is 92.6 Å². The fraction of sp³-hybridized carbons (Fsp3) is 0.298. The summed E-state index contributed by atoms with van der Waals surface area (Å²) in [7, 11) is 3.26. The number of aliphatic hydroxyl groups excluding tert-OH is 1. The maximum Gasteiger partial charge on any atom is 0.261 e. The molecule has 2 atom stereocenters. The van der Waals surface area contributed by atoms with Crippen molar-refractivity contribution in [3.05, 3.63) is 117 Å². The summed E-state index contributed by atoms with van der Waals surface area (Å²) in [6.45, 7) is 4.23. The van der Waals surface area contributed by atoms with Crippen molar-refractivity contribution in [2.24, 2.45) is 7.05 Å². The molecule has 16 nitrogen and oxygen atoms in total. The van der Waals surface area contributed by atoms with Crippen LogP contribution in [0.2, 0.25) is 0 Å². The largest absolute Gasteiger partial charge is 0.493 e. The molecule has 2 unspecified atom stereocenters. The first-order valence-electron chi connectivity index (χ1n) is 20.9. The van der Waals surface area contributed by atoms with Crippen molar-refractivity contribution in [3.8, 4) is 23.1 Å². The number of rotatable bonds is 15. The van der Waals surface area contributed by atoms with Gasteiger partial charge in [0.15, 0.2) is 23.1 Å². The molecule has 0 spiro atoms. The molecule has 8 rings (SSSR count). The van der Waals surface area contributed by atoms with Gasteiger partial charge in [0.25, 0.3) is 11.8 Å². The minimum Gasteiger partial charge on any atom is -0.493 e. The molecule has 17 heteroatoms. The van der Waals surface area contributed by atoms with Crippen LogP contribution >= 0.6 is 0 Å². The van der Waals surface area contributed by atoms with Gasteiger partial charge in [0.05, 0.1) is 30.1 Å². The summed E-state index contributed by atoms with van der Waals surface area (Å²) >= 11 is 0. The molecular weight excluding hydrogens is 826 g/mol. The number of carbonyl (C=O) groups excluding carboxylic acids is 4. The fourth-order valence-electron chi connectivity index (χ4n) is 8.08. The van der Waals surface area contributed by atoms with E-state index < -0.39 is 35.3 Å². The van der Waals surface area contributed by atoms with Crippen molar-refractivity contribution in [2.45, 2.75) is 71.2 Å². The van der Waals surface area contributed by atoms with Gasteiger partial charge in [0.2, 0.25) is 23.1 Å². The Morgan fingerprint density at radius 1 is 0.969 bits per heavy atom. The molecule has 64 heavy (non-hydrogen) atoms. The van der Waals surface area contributed by atoms with Gasteiger partial charge in [-0.25, -0.2) is 14.4 Å². The molecule has 1 fully saturated rings. The zero-order chi connectivity index (χ0) is 45.2. The Kier molecular flexibility index (Phi) is 12.3. The first-order valence-corrected chi connectivity index (χ1v) is 20.9. The predicted molar refractivity (Wildman–Crippen MR) is 235 cm³/mol. The van der Waals surface area contributed by atoms with Crippen LogP contribution in [0.3, 0.4) is 0 Å². The summed E-state index contributed by atoms with van der Waals surface area (Å²) in [5, 5.41) is 19.6. The van der Waals surface area contributed by atoms with Crippen LogP contribution in [0, 0.1) is 12.7 Å². The number of methoxy groups -OCH3 is 1. The summed E-state index contributed by atoms with van der Waals surface area (Å²) in [5.41, 5.74) is 4.05. The average Bonchev–Trinajstić information content (AvgIpc) is 3.60. The lowest BCUT2D eigenvalue weighted by atomic mass is 10.0. The van der Waals surface area contributed by atoms with Crippen molar-refractivity contribution in [1.29, 1.82) is 0 Å². The molecule has 6 aromatic rings. The number of piperidine rings is 1. The number of aromatic nitrogens is 3. The Morgan fingerprint density at radius 2 is 1.78 bits per heavy atom. The zero-order valence-corrected chi connectivity index (χ0v) is 35.6. The van der Waals surface area contributed by atoms with Crippen LogP contribution < -0.4 is 35.6 Å². The number of carbonyl (C=O) groups is 4. The number of hydrogen-bond donors (Lipinski definition) is 4. The number of fused-ring (bicyclic) bond motifs is 3. The molecule has 4 amide bonds. The van der Waals surface area contributed by atoms with Gasteiger partial charge < -0.3 is 39.4 Å². The van der Waals surface area contributed by atoms with Gasteiger partial charge in [0, 0.05) is 60.2 Å². The zero-order valence-electron chi connectivity index (χ0n) is 35.6. The van der Waals surface area contributed by atoms with E-state index in [1.54, 1.807) is 54.9 Å². The first kappa shape index (κ1) is 43.3. The molecule has 0 radical (unpaired) electrons. The number of anilines is 2. The minimum atomic E-state index is -0.907. The van der Waals surface area contributed by atoms with Crippen LogP contribution in [-0.2, 0) is 29.6 Å². The third kappa shape index (κ3) is 8.66. The highest BCUT2D eigenvalue weighted by Crippen LogP contribution is 2.37. The number of benzene rings is 4. The number of hydrogen-bond acceptors (Lipinski definition) is 12. The molecule has 0 saturated carbocycles. The Morgan fingerprint density at radius 3 is 2.55 bits per heavy atom. The van der Waals surface area contributed by atoms with E-state index in [2.05, 4.69) is 25.9 Å². The number of nitrogens with one attached hydrogen (secondary N) is 3. The Labute approximate surface area is 366 Å². The van der Waals surface area contributed by atoms with E-state index in [-0.39, 0.29) is 60.7 Å². The normalized spacial score (nSPS) is 15.2. The molecular formula is C47H46FN7O9. The number of nitrogens with zero attached hydrogens (tertiary/aromatic N) is 4. The molecule has 0 bridgehead atoms. The van der Waals surface area contributed by atoms with Crippen LogP contribution in [-0.4, -0.2) is 74.2 Å². The SMILES string of the molecule is CCc1ccc2c(c1)c(=O)c(C(=O)Nc1ccc(Oc3ncnc4cc(OCCCCC(O)Nc5ccc6c(c5)C(=O)N(C5CCC(=O)NC5=O)C6)c(OC)cc34)c(F)c1)c(C)n2C. The second-order valence-corrected chi connectivity index (χ2v) is 15.7. The molecule has 2 aliphatic heterocycles. The number of pyridine rings is 1. The predicted octanol–water partition coefficient (Wildman–Crippen LogP) is 6.29. The van der Waals surface area contributed by atoms with Crippen molar-refractivity contribution < 1.29 is 42.9 Å². The lowest BCUT2D eigenvalue weighted by molar-refractivity contribution is -0.136. The van der Waals surface area contributed by atoms with E-state index >= 15 is 4.39 Å². The standard InChI is InChI=1S/C47H46FN7O9/c1-5-26-9-13-35-32(18-26)43(58)42(25(2)54(35)3)45(60)52-29-12-15-37(33(48)20-29)64-46-31-21-38(62-4)39(22-34(31)49-24-50-46)63-17-7-6-8-40(56)51-28-11-10-27-23-55(47(61)30(27)19-28)36-14-16-41(57)53-44(36)59/h9-13,15,18-22,24,36,40,51,56H,5-8,14,16-17,23H2,1-4H3,(H,52,60)(H,53,57,59). The number of unbranched alkanes of at least 4 members (excludes halogenated alkanes) is 1. The molecule has 330 valence electrons. The molecule has 1 saturated heterocycles. The van der Waals surface area contributed by atoms with Gasteiger partial charge in [-0.15, -0.1) is 0 Å². The fourth-order valence-corrected chi connectivity index (χ4v) is 8.08. The minimum absolute atomic E-state index is 0.0309. The van der Waals surface area contributed by atoms with Gasteiger partial charge in [-0.2, -0.15) is 0 Å². The maximum atomic E-state index is 15.5. The van der Waals surface area contributed by atoms with Gasteiger partial charge in [-0.3, -0.25) is 29.3 Å². The summed E-state index contributed by atoms with van der Waals surface area (Å²) < 4.78 is 34.9. The summed E-state index contributed by atoms with van der Waals surface area (Å²) in [4.78, 5) is 74.1. The highest BCUT2D eigenvalue weighted by Gasteiger charge is 2.39. The average molecular weight is 872 g/mol. The second-order valence-electron chi connectivity index (χ2n) is 15.7. The van der Waals surface area contributed by atoms with Gasteiger partial charge >= 0.3 is 0 Å². The topological polar surface area (TPSA) is 203 Å². The van der Waals surface area contributed by atoms with E-state index in [4.69, 9.17) is 14.2 Å². The molecule has 2 aromatic heterocycles. The quantitative estimate of drug-likeness (QED) is 0.0512. The van der Waals surface area contributed by atoms with E-state index in [9.17, 15) is 29.1 Å². The van der Waals surface area contributed by atoms with Crippen LogP contribution in [0.25, 0.3) is 21.8 Å². The molecule has 4 heterocycles. The van der Waals surface area contributed by atoms with Crippen molar-refractivity contribution >= 4 is 56.8 Å². The molecule has 2 aliphatic rings. The van der Waals surface area contributed by atoms with Gasteiger partial charge in [-0.1, -0.05) is 19.1 Å². The van der Waals surface area contributed by atoms with Crippen molar-refractivity contribution in [3.63, 3.8) is 0 Å². The van der Waals surface area contributed by atoms with Gasteiger partial charge in [0.1, 0.15) is 24.2 Å². The van der Waals surface area contributed by atoms with E-state index in [1.165, 1.54) is 30.5 Å². The number of halogens is 1. The number of amides is 4. The van der Waals surface area contributed by atoms with Crippen LogP contribution in [0.5, 0.6) is 23.1 Å². The lowest BCUT2D eigenvalue weighted by Crippen LogP contribution is -2.52. The number of imide groups is 1. The van der Waals surface area contributed by atoms with E-state index in [0.29, 0.717) is 69.5 Å². The second kappa shape index (κ2) is 18.1. The smallest absolute Gasteiger partial charge is 0.261 e. The first-order chi connectivity index (χ1) is 30.8. The Hall–Kier alpha value is -7.40. The third-order valence-electron chi connectivity index (χ3n) is 11.7. The Balaban J connectivity index is 0.858. The van der Waals surface area contributed by atoms with Crippen LogP contribution in [0.15, 0.2) is 77.9 Å². The number of ether oxygens (including phenoxy) is 3.